The Hall–Kier alpha value is -0.0700. The Labute approximate surface area is 96.9 Å². The molecule has 0 saturated carbocycles. The Kier molecular flexibility index (Phi) is 2.37. The summed E-state index contributed by atoms with van der Waals surface area (Å²) < 4.78 is 15.0. The van der Waals surface area contributed by atoms with Crippen LogP contribution in [-0.2, 0) is 0 Å². The third-order valence-corrected chi connectivity index (χ3v) is 3.05. The highest BCUT2D eigenvalue weighted by molar-refractivity contribution is 14.1. The number of rotatable bonds is 0. The molecule has 2 nitrogen and oxygen atoms in total. The van der Waals surface area contributed by atoms with Gasteiger partial charge in [0.05, 0.1) is 5.39 Å². The molecule has 0 radical (unpaired) electrons. The van der Waals surface area contributed by atoms with Gasteiger partial charge in [-0.05, 0) is 34.7 Å². The zero-order chi connectivity index (χ0) is 9.59. The summed E-state index contributed by atoms with van der Waals surface area (Å²) in [6.07, 6.45) is 0. The molecule has 0 bridgehead atoms. The van der Waals surface area contributed by atoms with Gasteiger partial charge in [0, 0.05) is 15.3 Å². The minimum absolute atomic E-state index is 0.217. The van der Waals surface area contributed by atoms with E-state index in [1.54, 1.807) is 6.07 Å². The first-order chi connectivity index (χ1) is 6.11. The fourth-order valence-corrected chi connectivity index (χ4v) is 2.49. The number of hydrogen-bond donors (Lipinski definition) is 0. The van der Waals surface area contributed by atoms with E-state index in [2.05, 4.69) is 27.7 Å². The Morgan fingerprint density at radius 3 is 2.77 bits per heavy atom. The summed E-state index contributed by atoms with van der Waals surface area (Å²) in [7, 11) is 0. The van der Waals surface area contributed by atoms with Gasteiger partial charge in [-0.2, -0.15) is 4.20 Å². The lowest BCUT2D eigenvalue weighted by Gasteiger charge is -1.95. The highest BCUT2D eigenvalue weighted by atomic mass is 127. The van der Waals surface area contributed by atoms with Crippen molar-refractivity contribution in [3.8, 4) is 0 Å². The molecule has 68 valence electrons. The van der Waals surface area contributed by atoms with Crippen LogP contribution in [0.4, 0.5) is 4.39 Å². The van der Waals surface area contributed by atoms with Gasteiger partial charge in [0.15, 0.2) is 11.0 Å². The molecule has 0 atom stereocenters. The molecular formula is C7H2Cl2FIN2. The van der Waals surface area contributed by atoms with Gasteiger partial charge in [0.25, 0.3) is 0 Å². The van der Waals surface area contributed by atoms with Crippen molar-refractivity contribution in [2.24, 2.45) is 0 Å². The second kappa shape index (κ2) is 3.25. The van der Waals surface area contributed by atoms with Gasteiger partial charge in [-0.3, -0.25) is 0 Å². The normalized spacial score (nSPS) is 11.1. The maximum Gasteiger partial charge on any atom is 0.161 e. The van der Waals surface area contributed by atoms with E-state index in [1.807, 2.05) is 0 Å². The molecular weight excluding hydrogens is 329 g/mol. The van der Waals surface area contributed by atoms with E-state index >= 15 is 0 Å². The summed E-state index contributed by atoms with van der Waals surface area (Å²) in [6.45, 7) is 0. The molecule has 0 amide bonds. The predicted octanol–water partition coefficient (Wildman–Crippen LogP) is 3.44. The molecule has 0 aliphatic heterocycles. The molecule has 2 rings (SSSR count). The van der Waals surface area contributed by atoms with Crippen molar-refractivity contribution >= 4 is 56.9 Å². The fraction of sp³-hybridized carbons (Fsp3) is 0. The molecule has 13 heavy (non-hydrogen) atoms. The Bertz CT molecular complexity index is 441. The van der Waals surface area contributed by atoms with E-state index in [9.17, 15) is 4.39 Å². The van der Waals surface area contributed by atoms with Gasteiger partial charge in [0.2, 0.25) is 0 Å². The minimum atomic E-state index is -0.426. The van der Waals surface area contributed by atoms with E-state index in [-0.39, 0.29) is 10.7 Å². The highest BCUT2D eigenvalue weighted by Crippen LogP contribution is 2.29. The van der Waals surface area contributed by atoms with Crippen molar-refractivity contribution in [2.75, 3.05) is 0 Å². The summed E-state index contributed by atoms with van der Waals surface area (Å²) in [5.41, 5.74) is 0.221. The van der Waals surface area contributed by atoms with Crippen LogP contribution in [0.1, 0.15) is 0 Å². The van der Waals surface area contributed by atoms with Crippen molar-refractivity contribution in [3.05, 3.63) is 26.7 Å². The summed E-state index contributed by atoms with van der Waals surface area (Å²) in [5, 5.41) is 4.48. The van der Waals surface area contributed by atoms with Crippen LogP contribution < -0.4 is 0 Å². The van der Waals surface area contributed by atoms with Crippen LogP contribution in [0, 0.1) is 9.39 Å². The predicted molar refractivity (Wildman–Crippen MR) is 58.7 cm³/mol. The van der Waals surface area contributed by atoms with Crippen molar-refractivity contribution in [3.63, 3.8) is 0 Å². The third kappa shape index (κ3) is 1.41. The van der Waals surface area contributed by atoms with Crippen LogP contribution in [0.3, 0.4) is 0 Å². The summed E-state index contributed by atoms with van der Waals surface area (Å²) >= 11 is 13.5. The monoisotopic (exact) mass is 330 g/mol. The maximum atomic E-state index is 13.2. The van der Waals surface area contributed by atoms with Gasteiger partial charge >= 0.3 is 0 Å². The first-order valence-electron chi connectivity index (χ1n) is 3.29. The van der Waals surface area contributed by atoms with Crippen LogP contribution in [0.5, 0.6) is 0 Å². The molecule has 0 fully saturated rings. The van der Waals surface area contributed by atoms with Crippen LogP contribution in [0.25, 0.3) is 10.9 Å². The SMILES string of the molecule is Fc1ccc(I)c2c(Cl)nn(Cl)c12. The number of fused-ring (bicyclic) bond motifs is 1. The first-order valence-corrected chi connectivity index (χ1v) is 5.09. The van der Waals surface area contributed by atoms with Crippen molar-refractivity contribution in [1.29, 1.82) is 0 Å². The highest BCUT2D eigenvalue weighted by Gasteiger charge is 2.14. The van der Waals surface area contributed by atoms with Crippen LogP contribution in [0.2, 0.25) is 5.15 Å². The quantitative estimate of drug-likeness (QED) is 0.677. The van der Waals surface area contributed by atoms with E-state index in [0.717, 1.165) is 7.77 Å². The minimum Gasteiger partial charge on any atom is -0.205 e. The van der Waals surface area contributed by atoms with Gasteiger partial charge in [-0.15, -0.1) is 5.10 Å². The van der Waals surface area contributed by atoms with E-state index in [0.29, 0.717) is 5.39 Å². The molecule has 2 aromatic rings. The summed E-state index contributed by atoms with van der Waals surface area (Å²) in [6, 6.07) is 2.96. The van der Waals surface area contributed by atoms with Crippen molar-refractivity contribution in [2.45, 2.75) is 0 Å². The Morgan fingerprint density at radius 1 is 1.46 bits per heavy atom. The van der Waals surface area contributed by atoms with Gasteiger partial charge in [-0.25, -0.2) is 4.39 Å². The summed E-state index contributed by atoms with van der Waals surface area (Å²) in [4.78, 5) is 0. The molecule has 0 unspecified atom stereocenters. The molecule has 0 N–H and O–H groups in total. The van der Waals surface area contributed by atoms with E-state index in [4.69, 9.17) is 23.4 Å². The second-order valence-electron chi connectivity index (χ2n) is 2.40. The Morgan fingerprint density at radius 2 is 2.15 bits per heavy atom. The summed E-state index contributed by atoms with van der Waals surface area (Å²) in [5.74, 6) is -0.426. The largest absolute Gasteiger partial charge is 0.205 e. The number of nitrogens with zero attached hydrogens (tertiary/aromatic N) is 2. The lowest BCUT2D eigenvalue weighted by atomic mass is 10.2. The molecule has 1 aromatic carbocycles. The van der Waals surface area contributed by atoms with E-state index in [1.165, 1.54) is 6.07 Å². The van der Waals surface area contributed by atoms with Gasteiger partial charge in [0.1, 0.15) is 5.52 Å². The molecule has 0 aliphatic carbocycles. The topological polar surface area (TPSA) is 17.8 Å². The zero-order valence-corrected chi connectivity index (χ0v) is 9.73. The lowest BCUT2D eigenvalue weighted by molar-refractivity contribution is 0.634. The van der Waals surface area contributed by atoms with Crippen LogP contribution >= 0.6 is 46.0 Å². The molecule has 0 spiro atoms. The van der Waals surface area contributed by atoms with Gasteiger partial charge < -0.3 is 0 Å². The van der Waals surface area contributed by atoms with Crippen molar-refractivity contribution in [1.82, 2.24) is 9.30 Å². The zero-order valence-electron chi connectivity index (χ0n) is 6.06. The third-order valence-electron chi connectivity index (χ3n) is 1.64. The maximum absolute atomic E-state index is 13.2. The standard InChI is InChI=1S/C7H2Cl2FIN2/c8-7-5-4(11)2-1-3(10)6(5)13(9)12-7/h1-2H. The van der Waals surface area contributed by atoms with Crippen LogP contribution in [-0.4, -0.2) is 9.30 Å². The number of halogens is 4. The van der Waals surface area contributed by atoms with Gasteiger partial charge in [-0.1, -0.05) is 11.6 Å². The molecule has 6 heteroatoms. The molecule has 1 aromatic heterocycles. The number of aromatic nitrogens is 2. The molecule has 1 heterocycles. The molecule has 0 saturated heterocycles. The number of hydrogen-bond acceptors (Lipinski definition) is 1. The Balaban J connectivity index is 3.03. The second-order valence-corrected chi connectivity index (χ2v) is 4.24. The fourth-order valence-electron chi connectivity index (χ4n) is 1.09. The average Bonchev–Trinajstić information content (AvgIpc) is 2.36. The van der Waals surface area contributed by atoms with Crippen molar-refractivity contribution < 1.29 is 4.39 Å². The lowest BCUT2D eigenvalue weighted by Crippen LogP contribution is -1.86. The van der Waals surface area contributed by atoms with E-state index < -0.39 is 5.82 Å². The average molecular weight is 331 g/mol. The molecule has 0 aliphatic rings. The number of benzene rings is 1. The smallest absolute Gasteiger partial charge is 0.161 e. The van der Waals surface area contributed by atoms with Crippen LogP contribution in [0.15, 0.2) is 12.1 Å². The first kappa shape index (κ1) is 9.48.